The molecule has 0 bridgehead atoms. The number of hydrogen-bond acceptors (Lipinski definition) is 4. The van der Waals surface area contributed by atoms with Crippen molar-refractivity contribution in [1.29, 1.82) is 0 Å². The van der Waals surface area contributed by atoms with E-state index in [2.05, 4.69) is 5.32 Å². The van der Waals surface area contributed by atoms with E-state index >= 15 is 0 Å². The second-order valence-electron chi connectivity index (χ2n) is 6.94. The van der Waals surface area contributed by atoms with Gasteiger partial charge in [0, 0.05) is 18.7 Å². The Balaban J connectivity index is 0.00000210. The van der Waals surface area contributed by atoms with Gasteiger partial charge in [-0.1, -0.05) is 18.2 Å². The molecule has 1 saturated heterocycles. The Morgan fingerprint density at radius 2 is 1.70 bits per heavy atom. The van der Waals surface area contributed by atoms with E-state index in [1.807, 2.05) is 54.6 Å². The van der Waals surface area contributed by atoms with Crippen molar-refractivity contribution in [1.82, 2.24) is 5.32 Å². The van der Waals surface area contributed by atoms with Crippen LogP contribution in [0.25, 0.3) is 0 Å². The number of nitrogens with zero attached hydrogens (tertiary/aromatic N) is 1. The normalized spacial score (nSPS) is 20.0. The fraction of sp³-hybridized carbons (Fsp3) is 0.300. The number of anilines is 1. The number of amides is 2. The van der Waals surface area contributed by atoms with Gasteiger partial charge in [0.2, 0.25) is 11.8 Å². The molecule has 1 saturated carbocycles. The summed E-state index contributed by atoms with van der Waals surface area (Å²) in [4.78, 5) is 26.1. The van der Waals surface area contributed by atoms with Crippen LogP contribution in [0.1, 0.15) is 19.3 Å². The van der Waals surface area contributed by atoms with Crippen LogP contribution in [0.15, 0.2) is 54.6 Å². The minimum atomic E-state index is -0.715. The number of ether oxygens (including phenoxy) is 1. The fourth-order valence-electron chi connectivity index (χ4n) is 3.06. The Morgan fingerprint density at radius 1 is 1.07 bits per heavy atom. The first-order valence-corrected chi connectivity index (χ1v) is 8.77. The van der Waals surface area contributed by atoms with Gasteiger partial charge in [0.25, 0.3) is 0 Å². The first kappa shape index (κ1) is 19.2. The lowest BCUT2D eigenvalue weighted by atomic mass is 10.2. The maximum atomic E-state index is 12.3. The van der Waals surface area contributed by atoms with Gasteiger partial charge in [-0.2, -0.15) is 0 Å². The first-order valence-electron chi connectivity index (χ1n) is 8.77. The standard InChI is InChI=1S/C20H21N3O3.ClH/c21-20(10-11-20)19(25)22-14-12-18(24)23(13-14)15-6-8-17(9-7-15)26-16-4-2-1-3-5-16;/h1-9,14H,10-13,21H2,(H,22,25);1H. The highest BCUT2D eigenvalue weighted by Gasteiger charge is 2.47. The quantitative estimate of drug-likeness (QED) is 0.825. The van der Waals surface area contributed by atoms with Gasteiger partial charge >= 0.3 is 0 Å². The number of nitrogens with one attached hydrogen (secondary N) is 1. The molecular weight excluding hydrogens is 366 g/mol. The molecular formula is C20H22ClN3O3. The zero-order valence-electron chi connectivity index (χ0n) is 14.8. The van der Waals surface area contributed by atoms with Crippen LogP contribution >= 0.6 is 12.4 Å². The summed E-state index contributed by atoms with van der Waals surface area (Å²) < 4.78 is 5.77. The van der Waals surface area contributed by atoms with E-state index in [1.54, 1.807) is 4.90 Å². The molecule has 0 aromatic heterocycles. The van der Waals surface area contributed by atoms with Crippen LogP contribution in [-0.2, 0) is 9.59 Å². The van der Waals surface area contributed by atoms with Gasteiger partial charge in [-0.05, 0) is 49.2 Å². The molecule has 142 valence electrons. The molecule has 0 radical (unpaired) electrons. The highest BCUT2D eigenvalue weighted by Crippen LogP contribution is 2.33. The third-order valence-corrected chi connectivity index (χ3v) is 4.83. The summed E-state index contributed by atoms with van der Waals surface area (Å²) in [5.41, 5.74) is 5.98. The molecule has 1 aliphatic heterocycles. The Bertz CT molecular complexity index is 822. The Hall–Kier alpha value is -2.57. The highest BCUT2D eigenvalue weighted by molar-refractivity contribution is 5.97. The molecule has 3 N–H and O–H groups in total. The van der Waals surface area contributed by atoms with Crippen molar-refractivity contribution in [2.75, 3.05) is 11.4 Å². The van der Waals surface area contributed by atoms with Crippen LogP contribution in [0.3, 0.4) is 0 Å². The summed E-state index contributed by atoms with van der Waals surface area (Å²) in [7, 11) is 0. The molecule has 2 fully saturated rings. The van der Waals surface area contributed by atoms with Gasteiger partial charge in [0.15, 0.2) is 0 Å². The molecule has 1 heterocycles. The van der Waals surface area contributed by atoms with E-state index in [-0.39, 0.29) is 30.3 Å². The summed E-state index contributed by atoms with van der Waals surface area (Å²) in [6.45, 7) is 0.458. The van der Waals surface area contributed by atoms with Gasteiger partial charge in [0.05, 0.1) is 11.6 Å². The number of carbonyl (C=O) groups excluding carboxylic acids is 2. The molecule has 6 nitrogen and oxygen atoms in total. The lowest BCUT2D eigenvalue weighted by Crippen LogP contribution is -2.47. The molecule has 2 aromatic rings. The molecule has 0 spiro atoms. The van der Waals surface area contributed by atoms with Gasteiger partial charge in [-0.3, -0.25) is 9.59 Å². The Labute approximate surface area is 164 Å². The van der Waals surface area contributed by atoms with Crippen molar-refractivity contribution in [2.45, 2.75) is 30.8 Å². The van der Waals surface area contributed by atoms with Crippen molar-refractivity contribution in [2.24, 2.45) is 5.73 Å². The minimum absolute atomic E-state index is 0. The van der Waals surface area contributed by atoms with Gasteiger partial charge in [0.1, 0.15) is 11.5 Å². The Morgan fingerprint density at radius 3 is 2.33 bits per heavy atom. The molecule has 2 aliphatic rings. The zero-order valence-corrected chi connectivity index (χ0v) is 15.6. The average molecular weight is 388 g/mol. The zero-order chi connectivity index (χ0) is 18.1. The lowest BCUT2D eigenvalue weighted by Gasteiger charge is -2.18. The van der Waals surface area contributed by atoms with E-state index in [1.165, 1.54) is 0 Å². The molecule has 27 heavy (non-hydrogen) atoms. The summed E-state index contributed by atoms with van der Waals surface area (Å²) in [5.74, 6) is 1.31. The maximum absolute atomic E-state index is 12.3. The number of hydrogen-bond donors (Lipinski definition) is 2. The minimum Gasteiger partial charge on any atom is -0.457 e. The number of para-hydroxylation sites is 1. The van der Waals surface area contributed by atoms with Gasteiger partial charge in [-0.15, -0.1) is 12.4 Å². The predicted octanol–water partition coefficient (Wildman–Crippen LogP) is 2.61. The largest absolute Gasteiger partial charge is 0.457 e. The molecule has 2 amide bonds. The van der Waals surface area contributed by atoms with E-state index in [0.717, 1.165) is 11.4 Å². The number of nitrogens with two attached hydrogens (primary N) is 1. The van der Waals surface area contributed by atoms with Crippen LogP contribution < -0.4 is 20.7 Å². The first-order chi connectivity index (χ1) is 12.5. The third-order valence-electron chi connectivity index (χ3n) is 4.83. The van der Waals surface area contributed by atoms with E-state index < -0.39 is 5.54 Å². The van der Waals surface area contributed by atoms with Crippen molar-refractivity contribution >= 4 is 29.9 Å². The molecule has 4 rings (SSSR count). The lowest BCUT2D eigenvalue weighted by molar-refractivity contribution is -0.123. The van der Waals surface area contributed by atoms with Crippen LogP contribution in [0.4, 0.5) is 5.69 Å². The second kappa shape index (κ2) is 7.58. The second-order valence-corrected chi connectivity index (χ2v) is 6.94. The highest BCUT2D eigenvalue weighted by atomic mass is 35.5. The smallest absolute Gasteiger partial charge is 0.240 e. The van der Waals surface area contributed by atoms with Crippen LogP contribution in [0.2, 0.25) is 0 Å². The van der Waals surface area contributed by atoms with E-state index in [9.17, 15) is 9.59 Å². The molecule has 7 heteroatoms. The number of rotatable bonds is 5. The van der Waals surface area contributed by atoms with Crippen molar-refractivity contribution < 1.29 is 14.3 Å². The fourth-order valence-corrected chi connectivity index (χ4v) is 3.06. The van der Waals surface area contributed by atoms with Crippen molar-refractivity contribution in [3.63, 3.8) is 0 Å². The number of halogens is 1. The van der Waals surface area contributed by atoms with Crippen LogP contribution in [-0.4, -0.2) is 29.9 Å². The molecule has 1 unspecified atom stereocenters. The molecule has 1 atom stereocenters. The molecule has 1 aliphatic carbocycles. The Kier molecular flexibility index (Phi) is 5.39. The van der Waals surface area contributed by atoms with Gasteiger partial charge in [-0.25, -0.2) is 0 Å². The van der Waals surface area contributed by atoms with E-state index in [0.29, 0.717) is 31.6 Å². The van der Waals surface area contributed by atoms with Crippen molar-refractivity contribution in [3.05, 3.63) is 54.6 Å². The topological polar surface area (TPSA) is 84.7 Å². The van der Waals surface area contributed by atoms with Crippen LogP contribution in [0, 0.1) is 0 Å². The summed E-state index contributed by atoms with van der Waals surface area (Å²) in [6.07, 6.45) is 1.72. The number of carbonyl (C=O) groups is 2. The molecule has 2 aromatic carbocycles. The monoisotopic (exact) mass is 387 g/mol. The summed E-state index contributed by atoms with van der Waals surface area (Å²) in [5, 5.41) is 2.90. The maximum Gasteiger partial charge on any atom is 0.240 e. The third kappa shape index (κ3) is 4.23. The van der Waals surface area contributed by atoms with Crippen LogP contribution in [0.5, 0.6) is 11.5 Å². The summed E-state index contributed by atoms with van der Waals surface area (Å²) in [6, 6.07) is 16.7. The van der Waals surface area contributed by atoms with Crippen molar-refractivity contribution in [3.8, 4) is 11.5 Å². The summed E-state index contributed by atoms with van der Waals surface area (Å²) >= 11 is 0. The predicted molar refractivity (Wildman–Crippen MR) is 105 cm³/mol. The van der Waals surface area contributed by atoms with Gasteiger partial charge < -0.3 is 20.7 Å². The van der Waals surface area contributed by atoms with E-state index in [4.69, 9.17) is 10.5 Å². The average Bonchev–Trinajstić information content (AvgIpc) is 3.30. The number of benzene rings is 2. The SMILES string of the molecule is Cl.NC1(C(=O)NC2CC(=O)N(c3ccc(Oc4ccccc4)cc3)C2)CC1.